The van der Waals surface area contributed by atoms with Crippen LogP contribution in [0.1, 0.15) is 6.42 Å². The third-order valence-electron chi connectivity index (χ3n) is 1.86. The van der Waals surface area contributed by atoms with E-state index in [9.17, 15) is 10.1 Å². The molecule has 0 saturated carbocycles. The fourth-order valence-electron chi connectivity index (χ4n) is 1.10. The Hall–Kier alpha value is -1.56. The number of rotatable bonds is 6. The van der Waals surface area contributed by atoms with Gasteiger partial charge in [-0.3, -0.25) is 10.1 Å². The van der Waals surface area contributed by atoms with Crippen LogP contribution in [0.25, 0.3) is 0 Å². The number of alkyl halides is 1. The summed E-state index contributed by atoms with van der Waals surface area (Å²) in [7, 11) is 1.46. The molecule has 1 aromatic heterocycles. The van der Waals surface area contributed by atoms with E-state index in [1.54, 1.807) is 0 Å². The molecular weight excluding hydrogens is 234 g/mol. The van der Waals surface area contributed by atoms with Gasteiger partial charge in [0.05, 0.1) is 12.0 Å². The minimum Gasteiger partial charge on any atom is -0.481 e. The molecule has 1 rings (SSSR count). The minimum atomic E-state index is -0.491. The number of hydrogen-bond acceptors (Lipinski definition) is 5. The lowest BCUT2D eigenvalue weighted by Crippen LogP contribution is -2.07. The van der Waals surface area contributed by atoms with E-state index in [4.69, 9.17) is 16.3 Å². The van der Waals surface area contributed by atoms with E-state index in [1.165, 1.54) is 19.2 Å². The van der Waals surface area contributed by atoms with E-state index in [0.29, 0.717) is 24.7 Å². The van der Waals surface area contributed by atoms with Crippen molar-refractivity contribution >= 4 is 23.1 Å². The summed E-state index contributed by atoms with van der Waals surface area (Å²) in [5.41, 5.74) is -0.0737. The Bertz CT molecular complexity index is 373. The van der Waals surface area contributed by atoms with Gasteiger partial charge in [0.2, 0.25) is 11.7 Å². The number of hydrogen-bond donors (Lipinski definition) is 1. The highest BCUT2D eigenvalue weighted by Crippen LogP contribution is 2.24. The molecule has 0 atom stereocenters. The number of anilines is 1. The summed E-state index contributed by atoms with van der Waals surface area (Å²) in [6.07, 6.45) is 0.706. The van der Waals surface area contributed by atoms with Crippen LogP contribution < -0.4 is 10.1 Å². The maximum atomic E-state index is 10.7. The predicted octanol–water partition coefficient (Wildman–Crippen LogP) is 2.04. The molecule has 0 fully saturated rings. The number of nitrogens with zero attached hydrogens (tertiary/aromatic N) is 2. The first-order chi connectivity index (χ1) is 7.69. The zero-order valence-electron chi connectivity index (χ0n) is 8.77. The zero-order chi connectivity index (χ0) is 12.0. The molecule has 0 radical (unpaired) electrons. The van der Waals surface area contributed by atoms with E-state index in [1.807, 2.05) is 0 Å². The maximum absolute atomic E-state index is 10.7. The summed E-state index contributed by atoms with van der Waals surface area (Å²) in [6, 6.07) is 2.81. The zero-order valence-corrected chi connectivity index (χ0v) is 9.53. The van der Waals surface area contributed by atoms with E-state index in [-0.39, 0.29) is 11.5 Å². The molecule has 88 valence electrons. The van der Waals surface area contributed by atoms with E-state index < -0.39 is 4.92 Å². The molecule has 0 amide bonds. The van der Waals surface area contributed by atoms with Crippen LogP contribution in [0.15, 0.2) is 12.1 Å². The van der Waals surface area contributed by atoms with Crippen LogP contribution in [0.4, 0.5) is 11.5 Å². The molecule has 0 bridgehead atoms. The molecule has 1 heterocycles. The smallest absolute Gasteiger partial charge is 0.311 e. The normalized spacial score (nSPS) is 9.88. The van der Waals surface area contributed by atoms with E-state index >= 15 is 0 Å². The summed E-state index contributed by atoms with van der Waals surface area (Å²) < 4.78 is 4.90. The molecule has 6 nitrogen and oxygen atoms in total. The van der Waals surface area contributed by atoms with Gasteiger partial charge >= 0.3 is 5.69 Å². The minimum absolute atomic E-state index is 0.0737. The molecule has 0 saturated heterocycles. The topological polar surface area (TPSA) is 77.3 Å². The average molecular weight is 246 g/mol. The summed E-state index contributed by atoms with van der Waals surface area (Å²) in [5.74, 6) is 1.03. The van der Waals surface area contributed by atoms with Crippen LogP contribution in [0, 0.1) is 10.1 Å². The van der Waals surface area contributed by atoms with Crippen molar-refractivity contribution in [3.8, 4) is 5.88 Å². The fraction of sp³-hybridized carbons (Fsp3) is 0.444. The molecule has 1 aromatic rings. The molecule has 0 aromatic carbocycles. The Labute approximate surface area is 97.7 Å². The number of methoxy groups -OCH3 is 1. The van der Waals surface area contributed by atoms with Crippen molar-refractivity contribution in [2.45, 2.75) is 6.42 Å². The number of ether oxygens (including phenoxy) is 1. The summed E-state index contributed by atoms with van der Waals surface area (Å²) in [4.78, 5) is 14.2. The van der Waals surface area contributed by atoms with Crippen LogP contribution in [-0.4, -0.2) is 29.4 Å². The van der Waals surface area contributed by atoms with Crippen LogP contribution in [-0.2, 0) is 0 Å². The van der Waals surface area contributed by atoms with Gasteiger partial charge in [-0.1, -0.05) is 0 Å². The number of aromatic nitrogens is 1. The summed E-state index contributed by atoms with van der Waals surface area (Å²) >= 11 is 5.51. The molecule has 0 aliphatic heterocycles. The third kappa shape index (κ3) is 3.23. The average Bonchev–Trinajstić information content (AvgIpc) is 2.29. The van der Waals surface area contributed by atoms with Gasteiger partial charge in [0, 0.05) is 24.6 Å². The van der Waals surface area contributed by atoms with Gasteiger partial charge in [0.1, 0.15) is 0 Å². The summed E-state index contributed by atoms with van der Waals surface area (Å²) in [5, 5.41) is 13.6. The van der Waals surface area contributed by atoms with E-state index in [2.05, 4.69) is 10.3 Å². The Balaban J connectivity index is 2.87. The highest BCUT2D eigenvalue weighted by Gasteiger charge is 2.15. The molecule has 0 aliphatic carbocycles. The lowest BCUT2D eigenvalue weighted by Gasteiger charge is -2.06. The second kappa shape index (κ2) is 6.12. The lowest BCUT2D eigenvalue weighted by molar-refractivity contribution is -0.384. The van der Waals surface area contributed by atoms with Gasteiger partial charge in [-0.05, 0) is 6.42 Å². The highest BCUT2D eigenvalue weighted by atomic mass is 35.5. The van der Waals surface area contributed by atoms with Crippen LogP contribution >= 0.6 is 11.6 Å². The maximum Gasteiger partial charge on any atom is 0.311 e. The standard InChI is InChI=1S/C9H12ClN3O3/c1-16-8-4-3-7(13(14)15)9(12-8)11-6-2-5-10/h3-4H,2,5-6H2,1H3,(H,11,12). The Morgan fingerprint density at radius 1 is 1.62 bits per heavy atom. The highest BCUT2D eigenvalue weighted by molar-refractivity contribution is 6.17. The number of nitrogens with one attached hydrogen (secondary N) is 1. The Kier molecular flexibility index (Phi) is 4.78. The third-order valence-corrected chi connectivity index (χ3v) is 2.12. The molecule has 7 heteroatoms. The van der Waals surface area contributed by atoms with Crippen molar-refractivity contribution in [1.82, 2.24) is 4.98 Å². The first-order valence-corrected chi connectivity index (χ1v) is 5.21. The van der Waals surface area contributed by atoms with Crippen molar-refractivity contribution in [1.29, 1.82) is 0 Å². The Morgan fingerprint density at radius 2 is 2.38 bits per heavy atom. The number of halogens is 1. The predicted molar refractivity (Wildman–Crippen MR) is 61.3 cm³/mol. The fourth-order valence-corrected chi connectivity index (χ4v) is 1.23. The monoisotopic (exact) mass is 245 g/mol. The number of pyridine rings is 1. The second-order valence-corrected chi connectivity index (χ2v) is 3.33. The van der Waals surface area contributed by atoms with Crippen LogP contribution in [0.5, 0.6) is 5.88 Å². The van der Waals surface area contributed by atoms with Crippen molar-refractivity contribution in [2.24, 2.45) is 0 Å². The molecule has 1 N–H and O–H groups in total. The summed E-state index contributed by atoms with van der Waals surface area (Å²) in [6.45, 7) is 0.532. The quantitative estimate of drug-likeness (QED) is 0.359. The van der Waals surface area contributed by atoms with Gasteiger partial charge < -0.3 is 10.1 Å². The first kappa shape index (κ1) is 12.5. The largest absolute Gasteiger partial charge is 0.481 e. The number of nitro groups is 1. The molecule has 0 unspecified atom stereocenters. The molecular formula is C9H12ClN3O3. The first-order valence-electron chi connectivity index (χ1n) is 4.68. The van der Waals surface area contributed by atoms with Crippen molar-refractivity contribution in [3.05, 3.63) is 22.2 Å². The van der Waals surface area contributed by atoms with E-state index in [0.717, 1.165) is 0 Å². The second-order valence-electron chi connectivity index (χ2n) is 2.95. The van der Waals surface area contributed by atoms with Crippen molar-refractivity contribution in [2.75, 3.05) is 24.9 Å². The van der Waals surface area contributed by atoms with Gasteiger partial charge in [0.25, 0.3) is 0 Å². The molecule has 16 heavy (non-hydrogen) atoms. The van der Waals surface area contributed by atoms with Gasteiger partial charge in [-0.15, -0.1) is 11.6 Å². The molecule has 0 aliphatic rings. The van der Waals surface area contributed by atoms with Crippen LogP contribution in [0.3, 0.4) is 0 Å². The van der Waals surface area contributed by atoms with Gasteiger partial charge in [-0.25, -0.2) is 0 Å². The van der Waals surface area contributed by atoms with Gasteiger partial charge in [0.15, 0.2) is 0 Å². The van der Waals surface area contributed by atoms with Crippen molar-refractivity contribution < 1.29 is 9.66 Å². The SMILES string of the molecule is COc1ccc([N+](=O)[O-])c(NCCCCl)n1. The Morgan fingerprint density at radius 3 is 2.94 bits per heavy atom. The van der Waals surface area contributed by atoms with Crippen molar-refractivity contribution in [3.63, 3.8) is 0 Å². The van der Waals surface area contributed by atoms with Gasteiger partial charge in [-0.2, -0.15) is 4.98 Å². The lowest BCUT2D eigenvalue weighted by atomic mass is 10.3. The van der Waals surface area contributed by atoms with Crippen LogP contribution in [0.2, 0.25) is 0 Å². The molecule has 0 spiro atoms.